The molecule has 0 saturated carbocycles. The first-order valence-corrected chi connectivity index (χ1v) is 13.3. The van der Waals surface area contributed by atoms with Gasteiger partial charge in [-0.25, -0.2) is 0 Å². The van der Waals surface area contributed by atoms with E-state index in [4.69, 9.17) is 0 Å². The Morgan fingerprint density at radius 2 is 1.66 bits per heavy atom. The number of aromatic nitrogens is 2. The zero-order valence-corrected chi connectivity index (χ0v) is 21.3. The number of carbonyl (C=O) groups is 2. The number of hydrogen-bond donors (Lipinski definition) is 1. The van der Waals surface area contributed by atoms with Gasteiger partial charge >= 0.3 is 0 Å². The van der Waals surface area contributed by atoms with Crippen molar-refractivity contribution in [2.75, 3.05) is 22.9 Å². The number of pyridine rings is 1. The minimum atomic E-state index is -0.148. The van der Waals surface area contributed by atoms with Gasteiger partial charge in [0.2, 0.25) is 0 Å². The first-order chi connectivity index (χ1) is 18.7. The number of amides is 2. The molecule has 1 N–H and O–H groups in total. The molecular weight excluding hydrogens is 474 g/mol. The number of carbonyl (C=O) groups excluding carboxylic acids is 2. The number of hydrogen-bond acceptors (Lipinski definition) is 4. The summed E-state index contributed by atoms with van der Waals surface area (Å²) in [7, 11) is 0. The maximum absolute atomic E-state index is 13.8. The van der Waals surface area contributed by atoms with Gasteiger partial charge in [-0.2, -0.15) is 0 Å². The Balaban J connectivity index is 1.25. The first kappa shape index (κ1) is 24.0. The number of anilines is 2. The van der Waals surface area contributed by atoms with Crippen molar-refractivity contribution in [2.45, 2.75) is 38.9 Å². The van der Waals surface area contributed by atoms with Crippen molar-refractivity contribution in [1.29, 1.82) is 0 Å². The van der Waals surface area contributed by atoms with Gasteiger partial charge in [0.25, 0.3) is 11.8 Å². The third-order valence-electron chi connectivity index (χ3n) is 7.49. The molecule has 2 amide bonds. The van der Waals surface area contributed by atoms with Crippen LogP contribution in [-0.4, -0.2) is 34.5 Å². The molecule has 0 radical (unpaired) electrons. The van der Waals surface area contributed by atoms with Crippen LogP contribution in [0.2, 0.25) is 0 Å². The van der Waals surface area contributed by atoms with Gasteiger partial charge in [-0.3, -0.25) is 14.6 Å². The Bertz CT molecular complexity index is 1440. The number of nitrogens with one attached hydrogen (secondary N) is 1. The Morgan fingerprint density at radius 3 is 2.45 bits per heavy atom. The van der Waals surface area contributed by atoms with E-state index in [1.165, 1.54) is 24.9 Å². The summed E-state index contributed by atoms with van der Waals surface area (Å²) in [4.78, 5) is 35.3. The maximum Gasteiger partial charge on any atom is 0.268 e. The third-order valence-corrected chi connectivity index (χ3v) is 7.49. The van der Waals surface area contributed by atoms with E-state index >= 15 is 0 Å². The molecule has 0 aliphatic carbocycles. The molecule has 0 unspecified atom stereocenters. The van der Waals surface area contributed by atoms with Crippen LogP contribution in [0.4, 0.5) is 11.4 Å². The van der Waals surface area contributed by atoms with Gasteiger partial charge in [-0.15, -0.1) is 0 Å². The molecule has 192 valence electrons. The van der Waals surface area contributed by atoms with Gasteiger partial charge in [0.1, 0.15) is 5.69 Å². The van der Waals surface area contributed by atoms with E-state index in [9.17, 15) is 9.59 Å². The van der Waals surface area contributed by atoms with Gasteiger partial charge in [-0.05, 0) is 78.9 Å². The number of para-hydroxylation sites is 1. The highest BCUT2D eigenvalue weighted by Crippen LogP contribution is 2.31. The number of piperidine rings is 1. The standard InChI is InChI=1S/C31H31N5O2/c37-30(33-20-23-7-6-16-32-19-23)29-15-14-27-22-36(28-9-3-2-8-25(28)21-35(27)29)31(38)24-10-12-26(13-11-24)34-17-4-1-5-18-34/h2-3,6-16,19H,1,4-5,17-18,20-22H2,(H,33,37). The quantitative estimate of drug-likeness (QED) is 0.414. The summed E-state index contributed by atoms with van der Waals surface area (Å²) in [5, 5.41) is 3.00. The van der Waals surface area contributed by atoms with E-state index in [2.05, 4.69) is 27.3 Å². The van der Waals surface area contributed by atoms with E-state index in [-0.39, 0.29) is 11.8 Å². The fourth-order valence-corrected chi connectivity index (χ4v) is 5.44. The topological polar surface area (TPSA) is 70.5 Å². The molecule has 1 fully saturated rings. The number of benzene rings is 2. The molecule has 4 aromatic rings. The van der Waals surface area contributed by atoms with Crippen LogP contribution in [0, 0.1) is 0 Å². The second kappa shape index (κ2) is 10.5. The van der Waals surface area contributed by atoms with E-state index in [0.29, 0.717) is 30.9 Å². The highest BCUT2D eigenvalue weighted by Gasteiger charge is 2.27. The summed E-state index contributed by atoms with van der Waals surface area (Å²) in [6.07, 6.45) is 7.18. The zero-order valence-electron chi connectivity index (χ0n) is 21.3. The molecule has 2 aliphatic heterocycles. The highest BCUT2D eigenvalue weighted by molar-refractivity contribution is 6.06. The number of fused-ring (bicyclic) bond motifs is 2. The lowest BCUT2D eigenvalue weighted by Crippen LogP contribution is -2.31. The lowest BCUT2D eigenvalue weighted by Gasteiger charge is -2.29. The average molecular weight is 506 g/mol. The summed E-state index contributed by atoms with van der Waals surface area (Å²) in [6.45, 7) is 3.46. The van der Waals surface area contributed by atoms with Gasteiger partial charge < -0.3 is 19.7 Å². The molecule has 0 spiro atoms. The molecule has 2 aromatic carbocycles. The van der Waals surface area contributed by atoms with Crippen LogP contribution in [0.25, 0.3) is 0 Å². The van der Waals surface area contributed by atoms with Gasteiger partial charge in [0.15, 0.2) is 0 Å². The minimum Gasteiger partial charge on any atom is -0.372 e. The molecule has 7 heteroatoms. The van der Waals surface area contributed by atoms with E-state index in [0.717, 1.165) is 35.6 Å². The fourth-order valence-electron chi connectivity index (χ4n) is 5.44. The first-order valence-electron chi connectivity index (χ1n) is 13.3. The van der Waals surface area contributed by atoms with E-state index in [1.807, 2.05) is 70.1 Å². The number of nitrogens with zero attached hydrogens (tertiary/aromatic N) is 4. The van der Waals surface area contributed by atoms with Crippen molar-refractivity contribution in [1.82, 2.24) is 14.9 Å². The maximum atomic E-state index is 13.8. The molecule has 4 heterocycles. The van der Waals surface area contributed by atoms with Crippen molar-refractivity contribution in [3.63, 3.8) is 0 Å². The van der Waals surface area contributed by atoms with Gasteiger partial charge in [0.05, 0.1) is 13.1 Å². The average Bonchev–Trinajstić information content (AvgIpc) is 3.29. The van der Waals surface area contributed by atoms with Crippen LogP contribution < -0.4 is 15.1 Å². The van der Waals surface area contributed by atoms with Crippen LogP contribution >= 0.6 is 0 Å². The fraction of sp³-hybridized carbons (Fsp3) is 0.258. The van der Waals surface area contributed by atoms with Crippen molar-refractivity contribution in [2.24, 2.45) is 0 Å². The lowest BCUT2D eigenvalue weighted by atomic mass is 10.1. The monoisotopic (exact) mass is 505 g/mol. The highest BCUT2D eigenvalue weighted by atomic mass is 16.2. The van der Waals surface area contributed by atoms with Gasteiger partial charge in [-0.1, -0.05) is 24.3 Å². The molecule has 6 rings (SSSR count). The van der Waals surface area contributed by atoms with Crippen LogP contribution in [-0.2, 0) is 19.6 Å². The van der Waals surface area contributed by atoms with Gasteiger partial charge in [0, 0.05) is 54.7 Å². The Hall–Kier alpha value is -4.39. The molecular formula is C31H31N5O2. The molecule has 1 saturated heterocycles. The smallest absolute Gasteiger partial charge is 0.268 e. The summed E-state index contributed by atoms with van der Waals surface area (Å²) < 4.78 is 2.02. The molecule has 2 aliphatic rings. The predicted octanol–water partition coefficient (Wildman–Crippen LogP) is 5.01. The molecule has 0 atom stereocenters. The van der Waals surface area contributed by atoms with Crippen molar-refractivity contribution in [3.8, 4) is 0 Å². The normalized spacial score (nSPS) is 14.8. The van der Waals surface area contributed by atoms with Crippen molar-refractivity contribution in [3.05, 3.63) is 113 Å². The molecule has 2 aromatic heterocycles. The Kier molecular flexibility index (Phi) is 6.65. The summed E-state index contributed by atoms with van der Waals surface area (Å²) in [5.74, 6) is -0.189. The summed E-state index contributed by atoms with van der Waals surface area (Å²) in [5.41, 5.74) is 6.16. The Labute approximate surface area is 222 Å². The van der Waals surface area contributed by atoms with Crippen molar-refractivity contribution < 1.29 is 9.59 Å². The second-order valence-electron chi connectivity index (χ2n) is 9.95. The van der Waals surface area contributed by atoms with E-state index < -0.39 is 0 Å². The van der Waals surface area contributed by atoms with Crippen LogP contribution in [0.5, 0.6) is 0 Å². The van der Waals surface area contributed by atoms with Crippen LogP contribution in [0.15, 0.2) is 85.2 Å². The Morgan fingerprint density at radius 1 is 0.842 bits per heavy atom. The summed E-state index contributed by atoms with van der Waals surface area (Å²) in [6, 6.07) is 23.6. The predicted molar refractivity (Wildman–Crippen MR) is 148 cm³/mol. The molecule has 7 nitrogen and oxygen atoms in total. The zero-order chi connectivity index (χ0) is 25.9. The number of rotatable bonds is 5. The minimum absolute atomic E-state index is 0.0418. The van der Waals surface area contributed by atoms with E-state index in [1.54, 1.807) is 12.4 Å². The molecule has 0 bridgehead atoms. The SMILES string of the molecule is O=C(NCc1cccnc1)c1ccc2n1Cc1ccccc1N(C(=O)c1ccc(N3CCCCC3)cc1)C2. The molecule has 38 heavy (non-hydrogen) atoms. The summed E-state index contributed by atoms with van der Waals surface area (Å²) >= 11 is 0. The van der Waals surface area contributed by atoms with Crippen molar-refractivity contribution >= 4 is 23.2 Å². The largest absolute Gasteiger partial charge is 0.372 e. The second-order valence-corrected chi connectivity index (χ2v) is 9.95. The van der Waals surface area contributed by atoms with Crippen LogP contribution in [0.3, 0.4) is 0 Å². The van der Waals surface area contributed by atoms with Crippen LogP contribution in [0.1, 0.15) is 56.9 Å². The lowest BCUT2D eigenvalue weighted by molar-refractivity contribution is 0.0941. The third kappa shape index (κ3) is 4.79.